The first-order valence-corrected chi connectivity index (χ1v) is 8.55. The predicted octanol–water partition coefficient (Wildman–Crippen LogP) is 3.12. The lowest BCUT2D eigenvalue weighted by atomic mass is 9.67. The van der Waals surface area contributed by atoms with Crippen LogP contribution in [0.2, 0.25) is 0 Å². The fourth-order valence-corrected chi connectivity index (χ4v) is 4.25. The van der Waals surface area contributed by atoms with Gasteiger partial charge in [0.1, 0.15) is 0 Å². The molecule has 0 radical (unpaired) electrons. The van der Waals surface area contributed by atoms with E-state index in [9.17, 15) is 4.79 Å². The van der Waals surface area contributed by atoms with Gasteiger partial charge in [0.25, 0.3) is 0 Å². The largest absolute Gasteiger partial charge is 0.345 e. The van der Waals surface area contributed by atoms with Crippen molar-refractivity contribution in [3.63, 3.8) is 0 Å². The van der Waals surface area contributed by atoms with Crippen molar-refractivity contribution in [2.75, 3.05) is 26.7 Å². The van der Waals surface area contributed by atoms with Crippen molar-refractivity contribution in [1.82, 2.24) is 9.80 Å². The molecule has 22 heavy (non-hydrogen) atoms. The Kier molecular flexibility index (Phi) is 4.26. The Morgan fingerprint density at radius 2 is 1.77 bits per heavy atom. The maximum Gasteiger partial charge on any atom is 0.229 e. The van der Waals surface area contributed by atoms with Gasteiger partial charge in [-0.25, -0.2) is 0 Å². The van der Waals surface area contributed by atoms with Crippen LogP contribution < -0.4 is 0 Å². The Morgan fingerprint density at radius 3 is 2.36 bits per heavy atom. The maximum atomic E-state index is 12.6. The fraction of sp³-hybridized carbons (Fsp3) is 0.632. The quantitative estimate of drug-likeness (QED) is 0.838. The van der Waals surface area contributed by atoms with Crippen LogP contribution in [0.4, 0.5) is 0 Å². The lowest BCUT2D eigenvalue weighted by molar-refractivity contribution is -0.139. The monoisotopic (exact) mass is 300 g/mol. The van der Waals surface area contributed by atoms with Crippen LogP contribution in [-0.4, -0.2) is 48.4 Å². The summed E-state index contributed by atoms with van der Waals surface area (Å²) in [5, 5.41) is 0. The van der Waals surface area contributed by atoms with Gasteiger partial charge in [0, 0.05) is 19.6 Å². The second kappa shape index (κ2) is 6.04. The summed E-state index contributed by atoms with van der Waals surface area (Å²) in [6, 6.07) is 11.0. The van der Waals surface area contributed by atoms with E-state index in [1.54, 1.807) is 0 Å². The molecule has 0 N–H and O–H groups in total. The SMILES string of the molecule is CC(C)N1CCC2(CC1)CC(c1ccccc1)C(=O)N(C)C2. The van der Waals surface area contributed by atoms with Crippen molar-refractivity contribution in [3.8, 4) is 0 Å². The third kappa shape index (κ3) is 2.91. The van der Waals surface area contributed by atoms with E-state index in [-0.39, 0.29) is 5.92 Å². The molecule has 0 saturated carbocycles. The van der Waals surface area contributed by atoms with Gasteiger partial charge in [-0.2, -0.15) is 0 Å². The molecule has 2 saturated heterocycles. The van der Waals surface area contributed by atoms with Crippen molar-refractivity contribution in [2.45, 2.75) is 45.1 Å². The standard InChI is InChI=1S/C19H28N2O/c1-15(2)21-11-9-19(10-12-21)13-17(18(22)20(3)14-19)16-7-5-4-6-8-16/h4-8,15,17H,9-14H2,1-3H3. The van der Waals surface area contributed by atoms with Crippen LogP contribution in [0.3, 0.4) is 0 Å². The Balaban J connectivity index is 1.79. The molecule has 120 valence electrons. The Bertz CT molecular complexity index is 517. The molecule has 1 spiro atoms. The predicted molar refractivity (Wildman–Crippen MR) is 89.8 cm³/mol. The first-order chi connectivity index (χ1) is 10.5. The summed E-state index contributed by atoms with van der Waals surface area (Å²) in [7, 11) is 1.98. The summed E-state index contributed by atoms with van der Waals surface area (Å²) in [5.41, 5.74) is 1.50. The van der Waals surface area contributed by atoms with Crippen LogP contribution in [-0.2, 0) is 4.79 Å². The van der Waals surface area contributed by atoms with Crippen molar-refractivity contribution in [2.24, 2.45) is 5.41 Å². The Morgan fingerprint density at radius 1 is 1.14 bits per heavy atom. The first-order valence-electron chi connectivity index (χ1n) is 8.55. The van der Waals surface area contributed by atoms with Crippen LogP contribution in [0.25, 0.3) is 0 Å². The van der Waals surface area contributed by atoms with Gasteiger partial charge >= 0.3 is 0 Å². The van der Waals surface area contributed by atoms with Crippen molar-refractivity contribution >= 4 is 5.91 Å². The number of benzene rings is 1. The van der Waals surface area contributed by atoms with Gasteiger partial charge in [0.05, 0.1) is 5.92 Å². The summed E-state index contributed by atoms with van der Waals surface area (Å²) >= 11 is 0. The molecule has 2 fully saturated rings. The summed E-state index contributed by atoms with van der Waals surface area (Å²) < 4.78 is 0. The molecule has 0 bridgehead atoms. The third-order valence-corrected chi connectivity index (χ3v) is 5.67. The van der Waals surface area contributed by atoms with E-state index in [1.165, 1.54) is 31.5 Å². The average Bonchev–Trinajstić information content (AvgIpc) is 2.52. The zero-order valence-electron chi connectivity index (χ0n) is 14.1. The van der Waals surface area contributed by atoms with Crippen LogP contribution >= 0.6 is 0 Å². The van der Waals surface area contributed by atoms with Crippen molar-refractivity contribution < 1.29 is 4.79 Å². The molecule has 1 aromatic carbocycles. The van der Waals surface area contributed by atoms with Gasteiger partial charge in [-0.05, 0) is 57.2 Å². The second-order valence-corrected chi connectivity index (χ2v) is 7.49. The van der Waals surface area contributed by atoms with E-state index < -0.39 is 0 Å². The summed E-state index contributed by atoms with van der Waals surface area (Å²) in [5.74, 6) is 0.341. The molecule has 3 heteroatoms. The summed E-state index contributed by atoms with van der Waals surface area (Å²) in [6.45, 7) is 7.83. The lowest BCUT2D eigenvalue weighted by Gasteiger charge is -2.49. The minimum Gasteiger partial charge on any atom is -0.345 e. The number of hydrogen-bond acceptors (Lipinski definition) is 2. The minimum atomic E-state index is 0.0468. The molecular weight excluding hydrogens is 272 g/mol. The molecule has 1 aromatic rings. The van der Waals surface area contributed by atoms with E-state index >= 15 is 0 Å². The van der Waals surface area contributed by atoms with Gasteiger partial charge in [0.2, 0.25) is 5.91 Å². The zero-order valence-corrected chi connectivity index (χ0v) is 14.1. The number of carbonyl (C=O) groups is 1. The number of piperidine rings is 2. The fourth-order valence-electron chi connectivity index (χ4n) is 4.25. The number of nitrogens with zero attached hydrogens (tertiary/aromatic N) is 2. The lowest BCUT2D eigenvalue weighted by Crippen LogP contribution is -2.53. The molecular formula is C19H28N2O. The number of likely N-dealkylation sites (tertiary alicyclic amines) is 2. The smallest absolute Gasteiger partial charge is 0.229 e. The molecule has 2 aliphatic rings. The number of carbonyl (C=O) groups excluding carboxylic acids is 1. The molecule has 1 amide bonds. The van der Waals surface area contributed by atoms with Crippen LogP contribution in [0.1, 0.15) is 44.6 Å². The highest BCUT2D eigenvalue weighted by Crippen LogP contribution is 2.45. The summed E-state index contributed by atoms with van der Waals surface area (Å²) in [6.07, 6.45) is 3.45. The molecule has 0 aliphatic carbocycles. The van der Waals surface area contributed by atoms with E-state index in [1.807, 2.05) is 30.1 Å². The maximum absolute atomic E-state index is 12.6. The van der Waals surface area contributed by atoms with Gasteiger partial charge < -0.3 is 9.80 Å². The molecule has 1 unspecified atom stereocenters. The van der Waals surface area contributed by atoms with E-state index in [2.05, 4.69) is 30.9 Å². The van der Waals surface area contributed by atoms with E-state index in [4.69, 9.17) is 0 Å². The number of amides is 1. The van der Waals surface area contributed by atoms with Crippen LogP contribution in [0.15, 0.2) is 30.3 Å². The molecule has 1 atom stereocenters. The molecule has 2 heterocycles. The molecule has 2 aliphatic heterocycles. The Labute approximate surface area is 134 Å². The first kappa shape index (κ1) is 15.5. The van der Waals surface area contributed by atoms with Crippen molar-refractivity contribution in [1.29, 1.82) is 0 Å². The van der Waals surface area contributed by atoms with E-state index in [0.717, 1.165) is 13.0 Å². The normalized spacial score (nSPS) is 25.9. The third-order valence-electron chi connectivity index (χ3n) is 5.67. The Hall–Kier alpha value is -1.35. The highest BCUT2D eigenvalue weighted by atomic mass is 16.2. The topological polar surface area (TPSA) is 23.6 Å². The highest BCUT2D eigenvalue weighted by molar-refractivity contribution is 5.84. The van der Waals surface area contributed by atoms with Gasteiger partial charge in [-0.3, -0.25) is 4.79 Å². The van der Waals surface area contributed by atoms with Crippen LogP contribution in [0, 0.1) is 5.41 Å². The summed E-state index contributed by atoms with van der Waals surface area (Å²) in [4.78, 5) is 17.2. The van der Waals surface area contributed by atoms with Crippen molar-refractivity contribution in [3.05, 3.63) is 35.9 Å². The second-order valence-electron chi connectivity index (χ2n) is 7.49. The van der Waals surface area contributed by atoms with E-state index in [0.29, 0.717) is 17.4 Å². The molecule has 0 aromatic heterocycles. The minimum absolute atomic E-state index is 0.0468. The number of rotatable bonds is 2. The molecule has 3 nitrogen and oxygen atoms in total. The highest BCUT2D eigenvalue weighted by Gasteiger charge is 2.45. The number of hydrogen-bond donors (Lipinski definition) is 0. The van der Waals surface area contributed by atoms with Crippen LogP contribution in [0.5, 0.6) is 0 Å². The molecule has 3 rings (SSSR count). The van der Waals surface area contributed by atoms with Gasteiger partial charge in [-0.1, -0.05) is 30.3 Å². The number of likely N-dealkylation sites (N-methyl/N-ethyl adjacent to an activating group) is 1. The van der Waals surface area contributed by atoms with Gasteiger partial charge in [0.15, 0.2) is 0 Å². The van der Waals surface area contributed by atoms with Gasteiger partial charge in [-0.15, -0.1) is 0 Å². The average molecular weight is 300 g/mol. The zero-order chi connectivity index (χ0) is 15.7.